The first-order valence-electron chi connectivity index (χ1n) is 8.91. The van der Waals surface area contributed by atoms with E-state index in [1.54, 1.807) is 0 Å². The van der Waals surface area contributed by atoms with Gasteiger partial charge in [0.25, 0.3) is 0 Å². The number of hydrogen-bond acceptors (Lipinski definition) is 2. The number of fused-ring (bicyclic) bond motifs is 2. The first-order valence-corrected chi connectivity index (χ1v) is 8.91. The van der Waals surface area contributed by atoms with Crippen molar-refractivity contribution in [3.8, 4) is 0 Å². The first kappa shape index (κ1) is 16.3. The molecule has 2 aliphatic heterocycles. The summed E-state index contributed by atoms with van der Waals surface area (Å²) in [6.45, 7) is 10.7. The molecule has 2 fully saturated rings. The Bertz CT molecular complexity index is 263. The fourth-order valence-corrected chi connectivity index (χ4v) is 4.43. The van der Waals surface area contributed by atoms with Gasteiger partial charge < -0.3 is 10.2 Å². The number of nitrogens with one attached hydrogen (secondary N) is 1. The van der Waals surface area contributed by atoms with Crippen LogP contribution in [0.25, 0.3) is 0 Å². The van der Waals surface area contributed by atoms with Crippen LogP contribution in [0.4, 0.5) is 0 Å². The standard InChI is InChI=1S/C18H36N2/c1-13(2)8-16(9-14(3)4)19-12-15-10-17-6-7-18(11-15)20(17)5/h13-19H,6-12H2,1-5H3. The van der Waals surface area contributed by atoms with Gasteiger partial charge in [0.05, 0.1) is 0 Å². The van der Waals surface area contributed by atoms with Gasteiger partial charge in [-0.25, -0.2) is 0 Å². The zero-order valence-corrected chi connectivity index (χ0v) is 14.4. The molecule has 0 radical (unpaired) electrons. The largest absolute Gasteiger partial charge is 0.314 e. The Balaban J connectivity index is 1.77. The van der Waals surface area contributed by atoms with E-state index < -0.39 is 0 Å². The third kappa shape index (κ3) is 4.46. The van der Waals surface area contributed by atoms with Gasteiger partial charge in [-0.05, 0) is 69.9 Å². The Labute approximate surface area is 126 Å². The van der Waals surface area contributed by atoms with Gasteiger partial charge >= 0.3 is 0 Å². The summed E-state index contributed by atoms with van der Waals surface area (Å²) in [6.07, 6.45) is 8.40. The van der Waals surface area contributed by atoms with E-state index in [0.717, 1.165) is 35.9 Å². The Morgan fingerprint density at radius 3 is 1.90 bits per heavy atom. The molecule has 0 aromatic heterocycles. The fourth-order valence-electron chi connectivity index (χ4n) is 4.43. The Morgan fingerprint density at radius 1 is 0.950 bits per heavy atom. The highest BCUT2D eigenvalue weighted by Crippen LogP contribution is 2.37. The van der Waals surface area contributed by atoms with Crippen molar-refractivity contribution >= 4 is 0 Å². The Hall–Kier alpha value is -0.0800. The van der Waals surface area contributed by atoms with Crippen molar-refractivity contribution in [1.29, 1.82) is 0 Å². The van der Waals surface area contributed by atoms with E-state index in [9.17, 15) is 0 Å². The molecule has 1 N–H and O–H groups in total. The minimum atomic E-state index is 0.729. The van der Waals surface area contributed by atoms with Crippen LogP contribution < -0.4 is 5.32 Å². The summed E-state index contributed by atoms with van der Waals surface area (Å²) in [5.74, 6) is 2.53. The van der Waals surface area contributed by atoms with Crippen molar-refractivity contribution in [3.05, 3.63) is 0 Å². The Morgan fingerprint density at radius 2 is 1.45 bits per heavy atom. The number of rotatable bonds is 7. The van der Waals surface area contributed by atoms with Crippen LogP contribution in [0.5, 0.6) is 0 Å². The van der Waals surface area contributed by atoms with Gasteiger partial charge in [0.2, 0.25) is 0 Å². The van der Waals surface area contributed by atoms with Crippen molar-refractivity contribution in [2.75, 3.05) is 13.6 Å². The summed E-state index contributed by atoms with van der Waals surface area (Å²) in [4.78, 5) is 2.65. The molecule has 0 aromatic rings. The molecule has 2 rings (SSSR count). The van der Waals surface area contributed by atoms with Gasteiger partial charge in [-0.1, -0.05) is 27.7 Å². The van der Waals surface area contributed by atoms with Gasteiger partial charge in [0, 0.05) is 18.1 Å². The van der Waals surface area contributed by atoms with Crippen LogP contribution in [0.1, 0.15) is 66.2 Å². The van der Waals surface area contributed by atoms with Crippen molar-refractivity contribution < 1.29 is 0 Å². The van der Waals surface area contributed by atoms with E-state index in [4.69, 9.17) is 0 Å². The zero-order chi connectivity index (χ0) is 14.7. The smallest absolute Gasteiger partial charge is 0.00988 e. The molecule has 0 amide bonds. The van der Waals surface area contributed by atoms with Crippen LogP contribution in [0, 0.1) is 17.8 Å². The van der Waals surface area contributed by atoms with E-state index in [0.29, 0.717) is 0 Å². The molecule has 2 aliphatic rings. The number of hydrogen-bond donors (Lipinski definition) is 1. The van der Waals surface area contributed by atoms with Gasteiger partial charge in [-0.2, -0.15) is 0 Å². The molecule has 2 bridgehead atoms. The van der Waals surface area contributed by atoms with Crippen molar-refractivity contribution in [1.82, 2.24) is 10.2 Å². The lowest BCUT2D eigenvalue weighted by molar-refractivity contribution is 0.130. The zero-order valence-electron chi connectivity index (χ0n) is 14.4. The maximum atomic E-state index is 3.92. The highest BCUT2D eigenvalue weighted by Gasteiger charge is 2.38. The Kier molecular flexibility index (Phi) is 5.92. The number of nitrogens with zero attached hydrogens (tertiary/aromatic N) is 1. The van der Waals surface area contributed by atoms with Gasteiger partial charge in [0.15, 0.2) is 0 Å². The summed E-state index contributed by atoms with van der Waals surface area (Å²) in [5.41, 5.74) is 0. The molecular formula is C18H36N2. The topological polar surface area (TPSA) is 15.3 Å². The molecule has 2 unspecified atom stereocenters. The summed E-state index contributed by atoms with van der Waals surface area (Å²) in [5, 5.41) is 3.92. The van der Waals surface area contributed by atoms with E-state index in [1.165, 1.54) is 45.1 Å². The lowest BCUT2D eigenvalue weighted by atomic mass is 9.89. The second kappa shape index (κ2) is 7.26. The summed E-state index contributed by atoms with van der Waals surface area (Å²) in [6, 6.07) is 2.50. The van der Waals surface area contributed by atoms with Crippen molar-refractivity contribution in [2.24, 2.45) is 17.8 Å². The lowest BCUT2D eigenvalue weighted by Crippen LogP contribution is -2.44. The van der Waals surface area contributed by atoms with Crippen molar-refractivity contribution in [3.63, 3.8) is 0 Å². The molecule has 118 valence electrons. The maximum absolute atomic E-state index is 3.92. The molecule has 0 aliphatic carbocycles. The van der Waals surface area contributed by atoms with Crippen LogP contribution in [0.15, 0.2) is 0 Å². The minimum Gasteiger partial charge on any atom is -0.314 e. The maximum Gasteiger partial charge on any atom is 0.00988 e. The summed E-state index contributed by atoms with van der Waals surface area (Å²) in [7, 11) is 2.34. The predicted molar refractivity (Wildman–Crippen MR) is 88.0 cm³/mol. The van der Waals surface area contributed by atoms with Crippen LogP contribution in [0.2, 0.25) is 0 Å². The average molecular weight is 280 g/mol. The third-order valence-corrected chi connectivity index (χ3v) is 5.40. The van der Waals surface area contributed by atoms with E-state index in [2.05, 4.69) is 45.0 Å². The van der Waals surface area contributed by atoms with Gasteiger partial charge in [-0.15, -0.1) is 0 Å². The molecule has 0 saturated carbocycles. The van der Waals surface area contributed by atoms with Crippen LogP contribution in [-0.2, 0) is 0 Å². The molecule has 2 atom stereocenters. The highest BCUT2D eigenvalue weighted by molar-refractivity contribution is 4.94. The monoisotopic (exact) mass is 280 g/mol. The van der Waals surface area contributed by atoms with E-state index in [1.807, 2.05) is 0 Å². The third-order valence-electron chi connectivity index (χ3n) is 5.40. The first-order chi connectivity index (χ1) is 9.45. The molecule has 0 spiro atoms. The van der Waals surface area contributed by atoms with Crippen LogP contribution in [0.3, 0.4) is 0 Å². The molecular weight excluding hydrogens is 244 g/mol. The second-order valence-electron chi connectivity index (χ2n) is 8.25. The predicted octanol–water partition coefficient (Wildman–Crippen LogP) is 3.91. The minimum absolute atomic E-state index is 0.729. The molecule has 2 saturated heterocycles. The highest BCUT2D eigenvalue weighted by atomic mass is 15.2. The average Bonchev–Trinajstić information content (AvgIpc) is 2.59. The van der Waals surface area contributed by atoms with Gasteiger partial charge in [-0.3, -0.25) is 0 Å². The molecule has 2 heterocycles. The summed E-state index contributed by atoms with van der Waals surface area (Å²) < 4.78 is 0. The normalized spacial score (nSPS) is 30.9. The molecule has 2 heteroatoms. The molecule has 0 aromatic carbocycles. The number of piperidine rings is 1. The quantitative estimate of drug-likeness (QED) is 0.760. The van der Waals surface area contributed by atoms with E-state index >= 15 is 0 Å². The van der Waals surface area contributed by atoms with Crippen molar-refractivity contribution in [2.45, 2.75) is 84.3 Å². The van der Waals surface area contributed by atoms with Gasteiger partial charge in [0.1, 0.15) is 0 Å². The second-order valence-corrected chi connectivity index (χ2v) is 8.25. The SMILES string of the molecule is CC(C)CC(CC(C)C)NCC1CC2CCC(C1)N2C. The fraction of sp³-hybridized carbons (Fsp3) is 1.00. The lowest BCUT2D eigenvalue weighted by Gasteiger charge is -2.37. The van der Waals surface area contributed by atoms with E-state index in [-0.39, 0.29) is 0 Å². The van der Waals surface area contributed by atoms with Crippen LogP contribution >= 0.6 is 0 Å². The summed E-state index contributed by atoms with van der Waals surface area (Å²) >= 11 is 0. The molecule has 20 heavy (non-hydrogen) atoms. The molecule has 2 nitrogen and oxygen atoms in total. The van der Waals surface area contributed by atoms with Crippen LogP contribution in [-0.4, -0.2) is 36.6 Å².